The Bertz CT molecular complexity index is 947. The predicted molar refractivity (Wildman–Crippen MR) is 111 cm³/mol. The Morgan fingerprint density at radius 3 is 1.69 bits per heavy atom. The topological polar surface area (TPSA) is 0 Å². The van der Waals surface area contributed by atoms with Gasteiger partial charge < -0.3 is 24.8 Å². The van der Waals surface area contributed by atoms with E-state index in [0.29, 0.717) is 0 Å². The normalized spacial score (nSPS) is 10.3. The van der Waals surface area contributed by atoms with E-state index in [0.717, 1.165) is 6.42 Å². The summed E-state index contributed by atoms with van der Waals surface area (Å²) in [4.78, 5) is 0. The molecule has 4 aromatic rings. The Balaban J connectivity index is 0.000000420. The molecule has 0 atom stereocenters. The summed E-state index contributed by atoms with van der Waals surface area (Å²) in [5, 5.41) is 5.39. The number of fused-ring (bicyclic) bond motifs is 3. The monoisotopic (exact) mass is 499 g/mol. The molecule has 1 aliphatic rings. The average Bonchev–Trinajstić information content (AvgIpc) is 3.42. The van der Waals surface area contributed by atoms with Gasteiger partial charge in [-0.3, -0.25) is 6.08 Å². The van der Waals surface area contributed by atoms with E-state index in [4.69, 9.17) is 0 Å². The summed E-state index contributed by atoms with van der Waals surface area (Å²) in [6, 6.07) is 27.8. The van der Waals surface area contributed by atoms with Crippen LogP contribution in [0, 0.1) is 18.0 Å². The molecular weight excluding hydrogens is 481 g/mol. The number of hydrogen-bond acceptors (Lipinski definition) is 0. The second-order valence-electron chi connectivity index (χ2n) is 5.54. The number of benzene rings is 3. The van der Waals surface area contributed by atoms with E-state index < -0.39 is 0 Å². The van der Waals surface area contributed by atoms with E-state index in [2.05, 4.69) is 77.0 Å². The van der Waals surface area contributed by atoms with Gasteiger partial charge in [-0.25, -0.2) is 16.5 Å². The molecule has 5 rings (SSSR count). The number of rotatable bonds is 0. The van der Waals surface area contributed by atoms with Crippen LogP contribution in [0.1, 0.15) is 6.42 Å². The molecule has 0 unspecified atom stereocenters. The molecule has 0 aromatic heterocycles. The predicted octanol–water partition coefficient (Wildman–Crippen LogP) is 0.617. The minimum atomic E-state index is -0.209. The van der Waals surface area contributed by atoms with E-state index in [-0.39, 0.29) is 30.6 Å². The number of allylic oxidation sites excluding steroid dienone is 4. The first kappa shape index (κ1) is 27.3. The fourth-order valence-electron chi connectivity index (χ4n) is 2.61. The van der Waals surface area contributed by atoms with Crippen LogP contribution in [0.3, 0.4) is 0 Å². The first-order valence-corrected chi connectivity index (χ1v) is 10.3. The largest absolute Gasteiger partial charge is 1.00 e. The molecule has 0 bridgehead atoms. The summed E-state index contributed by atoms with van der Waals surface area (Å²) in [6.45, 7) is 0. The van der Waals surface area contributed by atoms with Gasteiger partial charge in [-0.1, -0.05) is 36.4 Å². The summed E-state index contributed by atoms with van der Waals surface area (Å²) in [6.07, 6.45) is 10.0. The zero-order valence-electron chi connectivity index (χ0n) is 15.8. The molecule has 0 heterocycles. The molecule has 0 spiro atoms. The van der Waals surface area contributed by atoms with Gasteiger partial charge in [0.1, 0.15) is 0 Å². The third kappa shape index (κ3) is 9.09. The van der Waals surface area contributed by atoms with Crippen molar-refractivity contribution in [3.8, 4) is 0 Å². The van der Waals surface area contributed by atoms with Crippen LogP contribution in [0.25, 0.3) is 21.5 Å². The molecule has 0 nitrogen and oxygen atoms in total. The van der Waals surface area contributed by atoms with Gasteiger partial charge in [0.25, 0.3) is 0 Å². The maximum absolute atomic E-state index is 11.9. The SMILES string of the molecule is Fc1cc[c-]cc1.[C-]1=CC=CC1.[CH2]=[Zr+2].[Cl-].[Cl-].c1ccc2c(c1)[cH-]c1ccccc12. The van der Waals surface area contributed by atoms with Crippen LogP contribution in [0.15, 0.2) is 97.1 Å². The average molecular weight is 502 g/mol. The Morgan fingerprint density at radius 2 is 1.34 bits per heavy atom. The van der Waals surface area contributed by atoms with Crippen molar-refractivity contribution in [3.63, 3.8) is 0 Å². The van der Waals surface area contributed by atoms with E-state index in [9.17, 15) is 4.39 Å². The van der Waals surface area contributed by atoms with E-state index in [1.807, 2.05) is 12.2 Å². The number of hydrogen-bond donors (Lipinski definition) is 0. The second kappa shape index (κ2) is 16.1. The summed E-state index contributed by atoms with van der Waals surface area (Å²) in [5.74, 6) is -0.209. The van der Waals surface area contributed by atoms with Crippen molar-refractivity contribution in [3.05, 3.63) is 115 Å². The van der Waals surface area contributed by atoms with Crippen molar-refractivity contribution in [1.82, 2.24) is 0 Å². The minimum absolute atomic E-state index is 0. The van der Waals surface area contributed by atoms with Crippen molar-refractivity contribution in [1.29, 1.82) is 0 Å². The van der Waals surface area contributed by atoms with Gasteiger partial charge in [0.15, 0.2) is 0 Å². The summed E-state index contributed by atoms with van der Waals surface area (Å²) in [7, 11) is 0. The molecule has 29 heavy (non-hydrogen) atoms. The molecule has 0 aliphatic heterocycles. The molecule has 0 saturated heterocycles. The van der Waals surface area contributed by atoms with Gasteiger partial charge in [-0.2, -0.15) is 24.3 Å². The molecule has 148 valence electrons. The van der Waals surface area contributed by atoms with Crippen molar-refractivity contribution in [2.24, 2.45) is 0 Å². The van der Waals surface area contributed by atoms with E-state index in [1.165, 1.54) is 70.0 Å². The second-order valence-corrected chi connectivity index (χ2v) is 5.54. The Hall–Kier alpha value is -1.73. The zero-order valence-corrected chi connectivity index (χ0v) is 19.8. The summed E-state index contributed by atoms with van der Waals surface area (Å²) in [5.41, 5.74) is 0. The van der Waals surface area contributed by atoms with Crippen LogP contribution >= 0.6 is 0 Å². The first-order chi connectivity index (χ1) is 13.3. The Morgan fingerprint density at radius 1 is 0.828 bits per heavy atom. The van der Waals surface area contributed by atoms with Crippen molar-refractivity contribution >= 4 is 25.8 Å². The summed E-state index contributed by atoms with van der Waals surface area (Å²) < 4.78 is 15.2. The molecule has 1 aliphatic carbocycles. The third-order valence-electron chi connectivity index (χ3n) is 3.79. The molecule has 0 fully saturated rings. The standard InChI is InChI=1S/C13H9.C6H4F.C5H5.CH2.2ClH.Zr/c1-3-7-12-10(5-1)9-11-6-2-4-8-13(11)12;7-6-4-2-1-3-5-6;1-2-4-5-3-1;;;;/h1-9H;2-5H;1-3H,4H2;1H2;2*1H;/q3*-1;;;;+2/p-2. The molecule has 0 N–H and O–H groups in total. The minimum Gasteiger partial charge on any atom is -1.00 e. The fourth-order valence-corrected chi connectivity index (χ4v) is 2.61. The Labute approximate surface area is 199 Å². The van der Waals surface area contributed by atoms with Crippen LogP contribution in [-0.2, 0) is 24.2 Å². The molecule has 4 aromatic carbocycles. The maximum Gasteiger partial charge on any atom is -0.0771 e. The van der Waals surface area contributed by atoms with Crippen LogP contribution < -0.4 is 24.8 Å². The van der Waals surface area contributed by atoms with Gasteiger partial charge in [0.2, 0.25) is 0 Å². The van der Waals surface area contributed by atoms with Gasteiger partial charge in [0.05, 0.1) is 0 Å². The van der Waals surface area contributed by atoms with Gasteiger partial charge in [-0.05, 0) is 0 Å². The smallest absolute Gasteiger partial charge is 0.0771 e. The van der Waals surface area contributed by atoms with Crippen LogP contribution in [0.5, 0.6) is 0 Å². The van der Waals surface area contributed by atoms with E-state index in [1.54, 1.807) is 0 Å². The van der Waals surface area contributed by atoms with E-state index >= 15 is 0 Å². The first-order valence-electron chi connectivity index (χ1n) is 8.56. The zero-order chi connectivity index (χ0) is 19.3. The molecule has 0 amide bonds. The quantitative estimate of drug-likeness (QED) is 0.310. The van der Waals surface area contributed by atoms with Gasteiger partial charge in [0, 0.05) is 5.82 Å². The Kier molecular flexibility index (Phi) is 15.2. The summed E-state index contributed by atoms with van der Waals surface area (Å²) >= 11 is 1.30. The maximum atomic E-state index is 11.9. The van der Waals surface area contributed by atoms with Crippen LogP contribution in [0.2, 0.25) is 0 Å². The fraction of sp³-hybridized carbons (Fsp3) is 0.0400. The molecular formula is C25H20Cl2FZr-3. The van der Waals surface area contributed by atoms with Gasteiger partial charge in [-0.15, -0.1) is 58.3 Å². The van der Waals surface area contributed by atoms with Gasteiger partial charge >= 0.3 is 28.4 Å². The van der Waals surface area contributed by atoms with Crippen molar-refractivity contribution < 1.29 is 53.4 Å². The van der Waals surface area contributed by atoms with Crippen molar-refractivity contribution in [2.45, 2.75) is 6.42 Å². The molecule has 0 radical (unpaired) electrons. The molecule has 0 saturated carbocycles. The number of halogens is 3. The third-order valence-corrected chi connectivity index (χ3v) is 3.79. The van der Waals surface area contributed by atoms with Crippen LogP contribution in [0.4, 0.5) is 4.39 Å². The molecule has 4 heteroatoms. The van der Waals surface area contributed by atoms with Crippen LogP contribution in [-0.4, -0.2) is 4.21 Å². The van der Waals surface area contributed by atoms with Crippen molar-refractivity contribution in [2.75, 3.05) is 0 Å².